The minimum atomic E-state index is 0.709. The molecule has 0 fully saturated rings. The Hall–Kier alpha value is -5.52. The normalized spacial score (nSPS) is 11.0. The van der Waals surface area contributed by atoms with Gasteiger partial charge in [0.1, 0.15) is 0 Å². The van der Waals surface area contributed by atoms with E-state index in [1.54, 1.807) is 23.7 Å². The fourth-order valence-electron chi connectivity index (χ4n) is 5.76. The summed E-state index contributed by atoms with van der Waals surface area (Å²) in [6.45, 7) is 0. The quantitative estimate of drug-likeness (QED) is 0.194. The summed E-state index contributed by atoms with van der Waals surface area (Å²) >= 11 is 1.66. The fourth-order valence-corrected chi connectivity index (χ4v) is 6.71. The molecule has 206 valence electrons. The maximum atomic E-state index is 7.09. The topological polar surface area (TPSA) is 77.8 Å². The second-order valence-corrected chi connectivity index (χ2v) is 11.2. The van der Waals surface area contributed by atoms with E-state index in [1.165, 1.54) is 0 Å². The van der Waals surface area contributed by atoms with Crippen molar-refractivity contribution in [1.82, 2.24) is 9.97 Å². The van der Waals surface area contributed by atoms with Crippen LogP contribution in [-0.4, -0.2) is 9.97 Å². The Morgan fingerprint density at radius 2 is 0.884 bits per heavy atom. The van der Waals surface area contributed by atoms with Crippen molar-refractivity contribution in [2.45, 2.75) is 0 Å². The van der Waals surface area contributed by atoms with Gasteiger partial charge >= 0.3 is 0 Å². The van der Waals surface area contributed by atoms with Crippen molar-refractivity contribution in [2.75, 3.05) is 11.5 Å². The average Bonchev–Trinajstić information content (AvgIpc) is 3.55. The summed E-state index contributed by atoms with van der Waals surface area (Å²) in [6.07, 6.45) is 7.31. The number of nitrogens with zero attached hydrogens (tertiary/aromatic N) is 2. The van der Waals surface area contributed by atoms with Crippen molar-refractivity contribution < 1.29 is 0 Å². The van der Waals surface area contributed by atoms with Crippen LogP contribution in [0.1, 0.15) is 0 Å². The first-order valence-electron chi connectivity index (χ1n) is 14.1. The monoisotopic (exact) mass is 572 g/mol. The van der Waals surface area contributed by atoms with Crippen molar-refractivity contribution in [1.29, 1.82) is 0 Å². The highest BCUT2D eigenvalue weighted by atomic mass is 32.1. The van der Waals surface area contributed by atoms with Gasteiger partial charge in [-0.3, -0.25) is 9.97 Å². The molecule has 0 radical (unpaired) electrons. The third-order valence-electron chi connectivity index (χ3n) is 7.76. The third kappa shape index (κ3) is 4.86. The predicted molar refractivity (Wildman–Crippen MR) is 181 cm³/mol. The van der Waals surface area contributed by atoms with Crippen LogP contribution in [0.3, 0.4) is 0 Å². The highest BCUT2D eigenvalue weighted by Gasteiger charge is 2.22. The summed E-state index contributed by atoms with van der Waals surface area (Å²) < 4.78 is 0. The first-order chi connectivity index (χ1) is 21.2. The summed E-state index contributed by atoms with van der Waals surface area (Å²) in [4.78, 5) is 9.87. The molecule has 0 saturated carbocycles. The Morgan fingerprint density at radius 3 is 1.40 bits per heavy atom. The smallest absolute Gasteiger partial charge is 0.0488 e. The first-order valence-corrected chi connectivity index (χ1v) is 14.9. The van der Waals surface area contributed by atoms with E-state index < -0.39 is 0 Å². The fraction of sp³-hybridized carbons (Fsp3) is 0. The standard InChI is InChI=1S/C38H28N4S/c39-36-31(17-15-29(25-9-3-1-4-10-25)34(36)27-13-7-20-41-23-27)32-19-22-43-38(32)33-18-16-30(26-11-5-2-6-12-26)35(37(33)40)28-14-8-21-42-24-28/h1-24H,39-40H2. The van der Waals surface area contributed by atoms with Gasteiger partial charge in [0, 0.05) is 80.0 Å². The van der Waals surface area contributed by atoms with Crippen LogP contribution in [0.5, 0.6) is 0 Å². The van der Waals surface area contributed by atoms with Crippen LogP contribution in [0, 0.1) is 0 Å². The van der Waals surface area contributed by atoms with E-state index in [-0.39, 0.29) is 0 Å². The molecule has 0 spiro atoms. The zero-order valence-corrected chi connectivity index (χ0v) is 24.1. The lowest BCUT2D eigenvalue weighted by Crippen LogP contribution is -1.99. The highest BCUT2D eigenvalue weighted by molar-refractivity contribution is 7.14. The summed E-state index contributed by atoms with van der Waals surface area (Å²) in [5.41, 5.74) is 26.8. The Bertz CT molecular complexity index is 1870. The highest BCUT2D eigenvalue weighted by Crippen LogP contribution is 2.49. The number of hydrogen-bond donors (Lipinski definition) is 2. The van der Waals surface area contributed by atoms with Crippen LogP contribution in [0.25, 0.3) is 66.1 Å². The van der Waals surface area contributed by atoms with E-state index in [1.807, 2.05) is 60.9 Å². The van der Waals surface area contributed by atoms with Crippen molar-refractivity contribution >= 4 is 22.7 Å². The molecule has 0 aliphatic rings. The van der Waals surface area contributed by atoms with Gasteiger partial charge in [-0.1, -0.05) is 97.1 Å². The van der Waals surface area contributed by atoms with E-state index >= 15 is 0 Å². The molecule has 0 aliphatic carbocycles. The number of thiophene rings is 1. The number of hydrogen-bond acceptors (Lipinski definition) is 5. The largest absolute Gasteiger partial charge is 0.398 e. The van der Waals surface area contributed by atoms with Crippen molar-refractivity contribution in [3.05, 3.63) is 145 Å². The molecule has 5 heteroatoms. The number of pyridine rings is 2. The summed E-state index contributed by atoms with van der Waals surface area (Å²) in [6, 6.07) is 39.4. The molecule has 0 aliphatic heterocycles. The molecule has 43 heavy (non-hydrogen) atoms. The van der Waals surface area contributed by atoms with Crippen LogP contribution >= 0.6 is 11.3 Å². The van der Waals surface area contributed by atoms with Crippen molar-refractivity contribution in [2.24, 2.45) is 0 Å². The Balaban J connectivity index is 1.43. The lowest BCUT2D eigenvalue weighted by Gasteiger charge is -2.19. The van der Waals surface area contributed by atoms with Crippen LogP contribution < -0.4 is 11.5 Å². The molecule has 4 aromatic carbocycles. The third-order valence-corrected chi connectivity index (χ3v) is 8.71. The van der Waals surface area contributed by atoms with E-state index in [2.05, 4.69) is 82.1 Å². The molecule has 3 heterocycles. The molecule has 4 N–H and O–H groups in total. The SMILES string of the molecule is Nc1c(-c2ccsc2-c2ccc(-c3ccccc3)c(-c3cccnc3)c2N)ccc(-c2ccccc2)c1-c1cccnc1. The van der Waals surface area contributed by atoms with Crippen LogP contribution in [0.15, 0.2) is 145 Å². The number of benzene rings is 4. The molecule has 3 aromatic heterocycles. The van der Waals surface area contributed by atoms with Gasteiger partial charge < -0.3 is 11.5 Å². The lowest BCUT2D eigenvalue weighted by molar-refractivity contribution is 1.33. The second-order valence-electron chi connectivity index (χ2n) is 10.3. The Kier molecular flexibility index (Phi) is 6.99. The van der Waals surface area contributed by atoms with Gasteiger partial charge in [-0.15, -0.1) is 11.3 Å². The molecule has 7 aromatic rings. The Morgan fingerprint density at radius 1 is 0.419 bits per heavy atom. The Labute approximate surface area is 255 Å². The van der Waals surface area contributed by atoms with Gasteiger partial charge in [-0.05, 0) is 45.8 Å². The number of rotatable bonds is 6. The molecule has 0 atom stereocenters. The van der Waals surface area contributed by atoms with E-state index in [9.17, 15) is 0 Å². The number of aromatic nitrogens is 2. The van der Waals surface area contributed by atoms with E-state index in [4.69, 9.17) is 11.5 Å². The van der Waals surface area contributed by atoms with Crippen LogP contribution in [0.2, 0.25) is 0 Å². The van der Waals surface area contributed by atoms with Gasteiger partial charge in [-0.25, -0.2) is 0 Å². The summed E-state index contributed by atoms with van der Waals surface area (Å²) in [7, 11) is 0. The maximum Gasteiger partial charge on any atom is 0.0488 e. The van der Waals surface area contributed by atoms with Crippen LogP contribution in [-0.2, 0) is 0 Å². The molecule has 0 amide bonds. The van der Waals surface area contributed by atoms with Gasteiger partial charge in [0.25, 0.3) is 0 Å². The average molecular weight is 573 g/mol. The molecule has 0 saturated heterocycles. The maximum absolute atomic E-state index is 7.09. The molecule has 4 nitrogen and oxygen atoms in total. The zero-order chi connectivity index (χ0) is 29.2. The summed E-state index contributed by atoms with van der Waals surface area (Å²) in [5.74, 6) is 0. The molecule has 7 rings (SSSR count). The minimum absolute atomic E-state index is 0.709. The van der Waals surface area contributed by atoms with Gasteiger partial charge in [0.15, 0.2) is 0 Å². The molecule has 0 unspecified atom stereocenters. The first kappa shape index (κ1) is 26.4. The summed E-state index contributed by atoms with van der Waals surface area (Å²) in [5, 5.41) is 2.10. The van der Waals surface area contributed by atoms with Gasteiger partial charge in [-0.2, -0.15) is 0 Å². The molecular weight excluding hydrogens is 545 g/mol. The second kappa shape index (κ2) is 11.4. The van der Waals surface area contributed by atoms with E-state index in [0.717, 1.165) is 66.1 Å². The van der Waals surface area contributed by atoms with Gasteiger partial charge in [0.2, 0.25) is 0 Å². The van der Waals surface area contributed by atoms with Crippen molar-refractivity contribution in [3.8, 4) is 66.1 Å². The van der Waals surface area contributed by atoms with E-state index in [0.29, 0.717) is 11.4 Å². The minimum Gasteiger partial charge on any atom is -0.398 e. The number of nitrogens with two attached hydrogens (primary N) is 2. The van der Waals surface area contributed by atoms with Gasteiger partial charge in [0.05, 0.1) is 0 Å². The van der Waals surface area contributed by atoms with Crippen LogP contribution in [0.4, 0.5) is 11.4 Å². The molecular formula is C38H28N4S. The lowest BCUT2D eigenvalue weighted by atomic mass is 9.88. The predicted octanol–water partition coefficient (Wildman–Crippen LogP) is 9.70. The number of nitrogen functional groups attached to an aromatic ring is 2. The van der Waals surface area contributed by atoms with Crippen molar-refractivity contribution in [3.63, 3.8) is 0 Å². The number of anilines is 2. The molecule has 0 bridgehead atoms. The zero-order valence-electron chi connectivity index (χ0n) is 23.3.